The van der Waals surface area contributed by atoms with Gasteiger partial charge in [0.2, 0.25) is 0 Å². The summed E-state index contributed by atoms with van der Waals surface area (Å²) in [6, 6.07) is 5.59. The molecule has 0 saturated heterocycles. The van der Waals surface area contributed by atoms with Gasteiger partial charge < -0.3 is 24.2 Å². The maximum Gasteiger partial charge on any atom is 0.165 e. The first-order chi connectivity index (χ1) is 19.4. The van der Waals surface area contributed by atoms with Crippen molar-refractivity contribution in [1.82, 2.24) is 9.80 Å². The molecule has 1 aromatic carbocycles. The molecule has 0 bridgehead atoms. The Balaban J connectivity index is 1.49. The molecule has 0 aromatic heterocycles. The average molecular weight is 559 g/mol. The van der Waals surface area contributed by atoms with E-state index >= 15 is 4.39 Å². The van der Waals surface area contributed by atoms with Crippen molar-refractivity contribution in [3.63, 3.8) is 0 Å². The first kappa shape index (κ1) is 31.0. The molecule has 224 valence electrons. The summed E-state index contributed by atoms with van der Waals surface area (Å²) in [4.78, 5) is 4.65. The molecule has 4 rings (SSSR count). The number of allylic oxidation sites excluding steroid dienone is 1. The number of likely N-dealkylation sites (N-methyl/N-ethyl adjacent to an activating group) is 2. The molecule has 6 nitrogen and oxygen atoms in total. The fraction of sp³-hybridized carbons (Fsp3) is 0.697. The standard InChI is InChI=1S/C33H51FN2O4/c1-6-14-35(3)15-16-40-31-13-8-23(17-29(31)34)22-36(7-2)30-21-33(39-5)32(38-4)20-28(30)26-10-9-25-19-27(37)12-11-24(25)18-26/h8,11-13,17,21,24-28,30,32,37H,6-7,9-10,14-16,18-20,22H2,1-5H3. The van der Waals surface area contributed by atoms with Crippen molar-refractivity contribution >= 4 is 0 Å². The Morgan fingerprint density at radius 2 is 1.82 bits per heavy atom. The van der Waals surface area contributed by atoms with Crippen molar-refractivity contribution in [1.29, 1.82) is 0 Å². The Bertz CT molecular complexity index is 1000. The third-order valence-corrected chi connectivity index (χ3v) is 9.46. The van der Waals surface area contributed by atoms with Crippen LogP contribution in [-0.2, 0) is 16.0 Å². The van der Waals surface area contributed by atoms with Gasteiger partial charge in [0.05, 0.1) is 13.2 Å². The van der Waals surface area contributed by atoms with E-state index in [1.807, 2.05) is 12.1 Å². The van der Waals surface area contributed by atoms with Crippen LogP contribution in [0.2, 0.25) is 0 Å². The highest BCUT2D eigenvalue weighted by Gasteiger charge is 2.43. The van der Waals surface area contributed by atoms with Crippen LogP contribution >= 0.6 is 0 Å². The lowest BCUT2D eigenvalue weighted by Crippen LogP contribution is -2.48. The summed E-state index contributed by atoms with van der Waals surface area (Å²) in [5.74, 6) is 3.00. The third-order valence-electron chi connectivity index (χ3n) is 9.46. The number of benzene rings is 1. The molecule has 3 aliphatic rings. The van der Waals surface area contributed by atoms with Gasteiger partial charge in [0.15, 0.2) is 11.6 Å². The van der Waals surface area contributed by atoms with Crippen molar-refractivity contribution < 1.29 is 23.7 Å². The number of hydrogen-bond acceptors (Lipinski definition) is 6. The van der Waals surface area contributed by atoms with Gasteiger partial charge in [0, 0.05) is 26.2 Å². The molecule has 0 aliphatic heterocycles. The molecule has 1 saturated carbocycles. The van der Waals surface area contributed by atoms with Crippen molar-refractivity contribution in [2.45, 2.75) is 77.2 Å². The predicted molar refractivity (Wildman–Crippen MR) is 158 cm³/mol. The van der Waals surface area contributed by atoms with E-state index in [1.165, 1.54) is 6.42 Å². The highest BCUT2D eigenvalue weighted by molar-refractivity contribution is 5.30. The monoisotopic (exact) mass is 558 g/mol. The van der Waals surface area contributed by atoms with Crippen LogP contribution in [0.3, 0.4) is 0 Å². The van der Waals surface area contributed by atoms with E-state index in [0.717, 1.165) is 63.1 Å². The van der Waals surface area contributed by atoms with Gasteiger partial charge in [-0.15, -0.1) is 0 Å². The molecule has 0 radical (unpaired) electrons. The van der Waals surface area contributed by atoms with Gasteiger partial charge >= 0.3 is 0 Å². The smallest absolute Gasteiger partial charge is 0.165 e. The van der Waals surface area contributed by atoms with Crippen LogP contribution in [0, 0.1) is 29.5 Å². The second-order valence-electron chi connectivity index (χ2n) is 12.1. The van der Waals surface area contributed by atoms with Gasteiger partial charge in [-0.2, -0.15) is 0 Å². The van der Waals surface area contributed by atoms with E-state index in [9.17, 15) is 5.11 Å². The molecule has 0 heterocycles. The zero-order valence-corrected chi connectivity index (χ0v) is 25.2. The van der Waals surface area contributed by atoms with E-state index in [2.05, 4.69) is 42.8 Å². The van der Waals surface area contributed by atoms with E-state index in [1.54, 1.807) is 26.4 Å². The summed E-state index contributed by atoms with van der Waals surface area (Å²) in [6.07, 6.45) is 12.5. The van der Waals surface area contributed by atoms with Gasteiger partial charge in [-0.25, -0.2) is 4.39 Å². The average Bonchev–Trinajstić information content (AvgIpc) is 2.96. The summed E-state index contributed by atoms with van der Waals surface area (Å²) < 4.78 is 32.5. The fourth-order valence-electron chi connectivity index (χ4n) is 7.27. The molecule has 7 unspecified atom stereocenters. The Morgan fingerprint density at radius 3 is 2.52 bits per heavy atom. The second-order valence-corrected chi connectivity index (χ2v) is 12.1. The highest BCUT2D eigenvalue weighted by Crippen LogP contribution is 2.47. The lowest BCUT2D eigenvalue weighted by atomic mass is 9.63. The van der Waals surface area contributed by atoms with Crippen LogP contribution in [0.15, 0.2) is 42.2 Å². The second kappa shape index (κ2) is 14.8. The highest BCUT2D eigenvalue weighted by atomic mass is 19.1. The minimum atomic E-state index is -0.302. The summed E-state index contributed by atoms with van der Waals surface area (Å²) in [5.41, 5.74) is 0.947. The van der Waals surface area contributed by atoms with Crippen LogP contribution in [0.5, 0.6) is 5.75 Å². The topological polar surface area (TPSA) is 54.4 Å². The van der Waals surface area contributed by atoms with Crippen LogP contribution in [0.25, 0.3) is 0 Å². The number of ether oxygens (including phenoxy) is 3. The zero-order chi connectivity index (χ0) is 28.6. The van der Waals surface area contributed by atoms with E-state index in [4.69, 9.17) is 14.2 Å². The number of methoxy groups -OCH3 is 2. The summed E-state index contributed by atoms with van der Waals surface area (Å²) in [5, 5.41) is 10.1. The molecule has 3 aliphatic carbocycles. The lowest BCUT2D eigenvalue weighted by molar-refractivity contribution is -0.00137. The van der Waals surface area contributed by atoms with Gasteiger partial charge in [-0.1, -0.05) is 32.1 Å². The minimum absolute atomic E-state index is 0.0448. The number of rotatable bonds is 13. The minimum Gasteiger partial charge on any atom is -0.499 e. The molecule has 40 heavy (non-hydrogen) atoms. The molecule has 7 atom stereocenters. The van der Waals surface area contributed by atoms with Crippen molar-refractivity contribution in [2.24, 2.45) is 23.7 Å². The van der Waals surface area contributed by atoms with Gasteiger partial charge in [0.1, 0.15) is 18.5 Å². The number of halogens is 1. The molecular weight excluding hydrogens is 507 g/mol. The Morgan fingerprint density at radius 1 is 1.02 bits per heavy atom. The molecule has 1 N–H and O–H groups in total. The van der Waals surface area contributed by atoms with Crippen LogP contribution in [-0.4, -0.2) is 80.7 Å². The number of hydrogen-bond donors (Lipinski definition) is 1. The summed E-state index contributed by atoms with van der Waals surface area (Å²) >= 11 is 0. The molecule has 0 spiro atoms. The largest absolute Gasteiger partial charge is 0.499 e. The van der Waals surface area contributed by atoms with E-state index in [-0.39, 0.29) is 24.1 Å². The van der Waals surface area contributed by atoms with Gasteiger partial charge in [-0.05, 0) is 106 Å². The SMILES string of the molecule is CCCN(C)CCOc1ccc(CN(CC)C2C=C(OC)C(OC)CC2C2CCC3CC(O)C=CC3C2)cc1F. The molecule has 7 heteroatoms. The quantitative estimate of drug-likeness (QED) is 0.316. The van der Waals surface area contributed by atoms with E-state index in [0.29, 0.717) is 42.6 Å². The van der Waals surface area contributed by atoms with Crippen LogP contribution < -0.4 is 4.74 Å². The van der Waals surface area contributed by atoms with Gasteiger partial charge in [-0.3, -0.25) is 4.90 Å². The predicted octanol–water partition coefficient (Wildman–Crippen LogP) is 5.66. The Labute approximate surface area is 241 Å². The first-order valence-corrected chi connectivity index (χ1v) is 15.3. The number of nitrogens with zero attached hydrogens (tertiary/aromatic N) is 2. The van der Waals surface area contributed by atoms with Crippen molar-refractivity contribution in [3.8, 4) is 5.75 Å². The lowest BCUT2D eigenvalue weighted by Gasteiger charge is -2.47. The normalized spacial score (nSPS) is 30.3. The maximum absolute atomic E-state index is 15.1. The van der Waals surface area contributed by atoms with E-state index < -0.39 is 0 Å². The van der Waals surface area contributed by atoms with Crippen LogP contribution in [0.4, 0.5) is 4.39 Å². The van der Waals surface area contributed by atoms with Crippen LogP contribution in [0.1, 0.15) is 57.9 Å². The number of aliphatic hydroxyl groups is 1. The maximum atomic E-state index is 15.1. The fourth-order valence-corrected chi connectivity index (χ4v) is 7.27. The first-order valence-electron chi connectivity index (χ1n) is 15.3. The summed E-state index contributed by atoms with van der Waals surface area (Å²) in [7, 11) is 5.55. The molecule has 1 fully saturated rings. The molecular formula is C33H51FN2O4. The molecule has 1 aromatic rings. The molecule has 0 amide bonds. The Hall–Kier alpha value is -1.93. The van der Waals surface area contributed by atoms with Crippen molar-refractivity contribution in [3.05, 3.63) is 53.6 Å². The summed E-state index contributed by atoms with van der Waals surface area (Å²) in [6.45, 7) is 8.09. The van der Waals surface area contributed by atoms with Crippen molar-refractivity contribution in [2.75, 3.05) is 47.5 Å². The zero-order valence-electron chi connectivity index (χ0n) is 25.2. The number of aliphatic hydroxyl groups excluding tert-OH is 1. The number of fused-ring (bicyclic) bond motifs is 1. The van der Waals surface area contributed by atoms with Gasteiger partial charge in [0.25, 0.3) is 0 Å². The Kier molecular flexibility index (Phi) is 11.5. The third kappa shape index (κ3) is 7.67.